The zero-order chi connectivity index (χ0) is 16.7. The fraction of sp³-hybridized carbons (Fsp3) is 0.733. The Morgan fingerprint density at radius 3 is 2.79 bits per heavy atom. The van der Waals surface area contributed by atoms with Crippen LogP contribution in [0.1, 0.15) is 12.8 Å². The molecule has 3 aliphatic heterocycles. The zero-order valence-electron chi connectivity index (χ0n) is 13.6. The van der Waals surface area contributed by atoms with E-state index >= 15 is 0 Å². The molecule has 0 saturated carbocycles. The minimum Gasteiger partial charge on any atom is -0.350 e. The average Bonchev–Trinajstić information content (AvgIpc) is 2.89. The molecule has 0 radical (unpaired) electrons. The summed E-state index contributed by atoms with van der Waals surface area (Å²) in [4.78, 5) is 13.4. The van der Waals surface area contributed by atoms with Gasteiger partial charge in [0.15, 0.2) is 9.84 Å². The SMILES string of the molecule is NC1CCN(c2nccc(N3CCN[C@H]4CS(=O)(=O)C[C@H]43)n2)CC1. The first-order valence-corrected chi connectivity index (χ1v) is 10.4. The number of piperazine rings is 1. The van der Waals surface area contributed by atoms with E-state index in [-0.39, 0.29) is 29.6 Å². The molecule has 3 aliphatic rings. The highest BCUT2D eigenvalue weighted by Crippen LogP contribution is 2.27. The van der Waals surface area contributed by atoms with Crippen molar-refractivity contribution in [1.82, 2.24) is 15.3 Å². The van der Waals surface area contributed by atoms with Crippen molar-refractivity contribution in [2.45, 2.75) is 31.0 Å². The number of anilines is 2. The fourth-order valence-electron chi connectivity index (χ4n) is 3.90. The second-order valence-electron chi connectivity index (χ2n) is 6.94. The predicted octanol–water partition coefficient (Wildman–Crippen LogP) is -1.02. The van der Waals surface area contributed by atoms with Gasteiger partial charge in [0.25, 0.3) is 0 Å². The molecule has 3 N–H and O–H groups in total. The first kappa shape index (κ1) is 16.0. The summed E-state index contributed by atoms with van der Waals surface area (Å²) in [6.45, 7) is 3.27. The lowest BCUT2D eigenvalue weighted by Gasteiger charge is -2.38. The van der Waals surface area contributed by atoms with Crippen molar-refractivity contribution in [3.63, 3.8) is 0 Å². The minimum atomic E-state index is -2.98. The van der Waals surface area contributed by atoms with Crippen LogP contribution in [0.5, 0.6) is 0 Å². The van der Waals surface area contributed by atoms with Crippen molar-refractivity contribution in [1.29, 1.82) is 0 Å². The molecule has 0 aromatic carbocycles. The molecule has 8 nitrogen and oxygen atoms in total. The number of aromatic nitrogens is 2. The molecule has 0 amide bonds. The van der Waals surface area contributed by atoms with Crippen LogP contribution >= 0.6 is 0 Å². The van der Waals surface area contributed by atoms with Gasteiger partial charge >= 0.3 is 0 Å². The largest absolute Gasteiger partial charge is 0.350 e. The molecule has 132 valence electrons. The number of nitrogens with two attached hydrogens (primary N) is 1. The van der Waals surface area contributed by atoms with Crippen LogP contribution in [0.15, 0.2) is 12.3 Å². The normalized spacial score (nSPS) is 30.4. The Bertz CT molecular complexity index is 704. The molecule has 9 heteroatoms. The minimum absolute atomic E-state index is 0.00449. The molecular weight excluding hydrogens is 328 g/mol. The molecule has 2 atom stereocenters. The summed E-state index contributed by atoms with van der Waals surface area (Å²) in [5.41, 5.74) is 5.97. The van der Waals surface area contributed by atoms with Crippen molar-refractivity contribution in [2.75, 3.05) is 47.5 Å². The van der Waals surface area contributed by atoms with Crippen molar-refractivity contribution in [2.24, 2.45) is 5.73 Å². The third-order valence-electron chi connectivity index (χ3n) is 5.23. The van der Waals surface area contributed by atoms with Gasteiger partial charge in [-0.3, -0.25) is 0 Å². The highest BCUT2D eigenvalue weighted by Gasteiger charge is 2.43. The molecule has 0 aliphatic carbocycles. The number of piperidine rings is 1. The molecule has 24 heavy (non-hydrogen) atoms. The first-order valence-electron chi connectivity index (χ1n) is 8.56. The maximum absolute atomic E-state index is 12.0. The fourth-order valence-corrected chi connectivity index (χ4v) is 5.86. The highest BCUT2D eigenvalue weighted by molar-refractivity contribution is 7.91. The Kier molecular flexibility index (Phi) is 4.09. The number of fused-ring (bicyclic) bond motifs is 1. The van der Waals surface area contributed by atoms with Gasteiger partial charge < -0.3 is 20.9 Å². The standard InChI is InChI=1S/C15H24N6O2S/c16-11-2-6-20(7-3-11)15-18-4-1-14(19-15)21-8-5-17-12-9-24(22,23)10-13(12)21/h1,4,11-13,17H,2-3,5-10,16H2/t12-,13+/m0/s1. The first-order chi connectivity index (χ1) is 11.5. The molecule has 4 rings (SSSR count). The lowest BCUT2D eigenvalue weighted by molar-refractivity contribution is 0.422. The van der Waals surface area contributed by atoms with E-state index in [0.717, 1.165) is 50.8 Å². The number of nitrogens with zero attached hydrogens (tertiary/aromatic N) is 4. The Balaban J connectivity index is 1.57. The number of hydrogen-bond donors (Lipinski definition) is 2. The maximum atomic E-state index is 12.0. The summed E-state index contributed by atoms with van der Waals surface area (Å²) in [5, 5.41) is 3.33. The van der Waals surface area contributed by atoms with Crippen LogP contribution in [0, 0.1) is 0 Å². The Morgan fingerprint density at radius 2 is 2.00 bits per heavy atom. The van der Waals surface area contributed by atoms with E-state index < -0.39 is 9.84 Å². The van der Waals surface area contributed by atoms with Gasteiger partial charge in [-0.25, -0.2) is 13.4 Å². The summed E-state index contributed by atoms with van der Waals surface area (Å²) in [6.07, 6.45) is 3.67. The smallest absolute Gasteiger partial charge is 0.227 e. The second-order valence-corrected chi connectivity index (χ2v) is 9.09. The van der Waals surface area contributed by atoms with E-state index in [0.29, 0.717) is 0 Å². The molecular formula is C15H24N6O2S. The molecule has 0 spiro atoms. The van der Waals surface area contributed by atoms with E-state index in [9.17, 15) is 8.42 Å². The topological polar surface area (TPSA) is 104 Å². The molecule has 3 fully saturated rings. The zero-order valence-corrected chi connectivity index (χ0v) is 14.5. The number of rotatable bonds is 2. The van der Waals surface area contributed by atoms with Crippen LogP contribution in [-0.4, -0.2) is 74.2 Å². The number of sulfone groups is 1. The summed E-state index contributed by atoms with van der Waals surface area (Å²) in [6, 6.07) is 2.10. The molecule has 3 saturated heterocycles. The maximum Gasteiger partial charge on any atom is 0.227 e. The Morgan fingerprint density at radius 1 is 1.21 bits per heavy atom. The third kappa shape index (κ3) is 3.07. The summed E-state index contributed by atoms with van der Waals surface area (Å²) < 4.78 is 24.0. The predicted molar refractivity (Wildman–Crippen MR) is 93.0 cm³/mol. The molecule has 4 heterocycles. The van der Waals surface area contributed by atoms with Crippen LogP contribution in [0.3, 0.4) is 0 Å². The van der Waals surface area contributed by atoms with Crippen molar-refractivity contribution in [3.05, 3.63) is 12.3 Å². The van der Waals surface area contributed by atoms with Gasteiger partial charge in [-0.05, 0) is 18.9 Å². The lowest BCUT2D eigenvalue weighted by atomic mass is 10.1. The van der Waals surface area contributed by atoms with Gasteiger partial charge in [-0.2, -0.15) is 4.98 Å². The quantitative estimate of drug-likeness (QED) is 0.697. The average molecular weight is 352 g/mol. The van der Waals surface area contributed by atoms with Crippen molar-refractivity contribution in [3.8, 4) is 0 Å². The van der Waals surface area contributed by atoms with Crippen molar-refractivity contribution < 1.29 is 8.42 Å². The Hall–Kier alpha value is -1.45. The molecule has 0 bridgehead atoms. The van der Waals surface area contributed by atoms with Crippen LogP contribution in [0.25, 0.3) is 0 Å². The molecule has 1 aromatic heterocycles. The van der Waals surface area contributed by atoms with E-state index in [2.05, 4.69) is 20.1 Å². The summed E-state index contributed by atoms with van der Waals surface area (Å²) in [7, 11) is -2.98. The highest BCUT2D eigenvalue weighted by atomic mass is 32.2. The van der Waals surface area contributed by atoms with Crippen LogP contribution in [0.4, 0.5) is 11.8 Å². The van der Waals surface area contributed by atoms with Gasteiger partial charge in [-0.1, -0.05) is 0 Å². The third-order valence-corrected chi connectivity index (χ3v) is 6.94. The van der Waals surface area contributed by atoms with Crippen LogP contribution in [0.2, 0.25) is 0 Å². The van der Waals surface area contributed by atoms with Crippen LogP contribution < -0.4 is 20.9 Å². The van der Waals surface area contributed by atoms with E-state index in [4.69, 9.17) is 10.7 Å². The number of nitrogens with one attached hydrogen (secondary N) is 1. The lowest BCUT2D eigenvalue weighted by Crippen LogP contribution is -2.57. The summed E-state index contributed by atoms with van der Waals surface area (Å²) in [5.74, 6) is 1.96. The van der Waals surface area contributed by atoms with E-state index in [1.54, 1.807) is 6.20 Å². The molecule has 1 aromatic rings. The van der Waals surface area contributed by atoms with E-state index in [1.165, 1.54) is 0 Å². The Labute approximate surface area is 142 Å². The second kappa shape index (κ2) is 6.12. The van der Waals surface area contributed by atoms with E-state index in [1.807, 2.05) is 6.07 Å². The van der Waals surface area contributed by atoms with Crippen molar-refractivity contribution >= 4 is 21.6 Å². The van der Waals surface area contributed by atoms with Gasteiger partial charge in [0.2, 0.25) is 5.95 Å². The molecule has 0 unspecified atom stereocenters. The van der Waals surface area contributed by atoms with Gasteiger partial charge in [-0.15, -0.1) is 0 Å². The van der Waals surface area contributed by atoms with Crippen LogP contribution in [-0.2, 0) is 9.84 Å². The monoisotopic (exact) mass is 352 g/mol. The van der Waals surface area contributed by atoms with Gasteiger partial charge in [0.1, 0.15) is 5.82 Å². The van der Waals surface area contributed by atoms with Gasteiger partial charge in [0.05, 0.1) is 17.5 Å². The summed E-state index contributed by atoms with van der Waals surface area (Å²) >= 11 is 0. The van der Waals surface area contributed by atoms with Gasteiger partial charge in [0, 0.05) is 44.5 Å². The number of hydrogen-bond acceptors (Lipinski definition) is 8.